The lowest BCUT2D eigenvalue weighted by molar-refractivity contribution is 0.168. The van der Waals surface area contributed by atoms with Crippen molar-refractivity contribution in [2.24, 2.45) is 0 Å². The summed E-state index contributed by atoms with van der Waals surface area (Å²) >= 11 is 3.45. The molecule has 0 spiro atoms. The second kappa shape index (κ2) is 4.06. The zero-order valence-corrected chi connectivity index (χ0v) is 8.88. The predicted molar refractivity (Wildman–Crippen MR) is 54.2 cm³/mol. The van der Waals surface area contributed by atoms with Crippen LogP contribution in [0.15, 0.2) is 28.7 Å². The van der Waals surface area contributed by atoms with Crippen LogP contribution < -0.4 is 0 Å². The van der Waals surface area contributed by atoms with Crippen molar-refractivity contribution in [3.05, 3.63) is 34.3 Å². The van der Waals surface area contributed by atoms with E-state index in [-0.39, 0.29) is 12.0 Å². The highest BCUT2D eigenvalue weighted by Crippen LogP contribution is 2.26. The zero-order valence-electron chi connectivity index (χ0n) is 7.29. The minimum absolute atomic E-state index is 0.181. The third-order valence-corrected chi connectivity index (χ3v) is 2.84. The molecule has 2 unspecified atom stereocenters. The van der Waals surface area contributed by atoms with Crippen LogP contribution in [0.25, 0.3) is 0 Å². The summed E-state index contributed by atoms with van der Waals surface area (Å²) in [6.07, 6.45) is -0.302. The van der Waals surface area contributed by atoms with E-state index in [1.54, 1.807) is 0 Å². The van der Waals surface area contributed by atoms with E-state index in [0.717, 1.165) is 10.0 Å². The summed E-state index contributed by atoms with van der Waals surface area (Å²) in [6, 6.07) is 7.98. The molecule has 0 aliphatic rings. The van der Waals surface area contributed by atoms with Crippen LogP contribution in [0.1, 0.15) is 25.3 Å². The zero-order chi connectivity index (χ0) is 9.14. The first-order valence-electron chi connectivity index (χ1n) is 4.05. The van der Waals surface area contributed by atoms with Gasteiger partial charge in [0.2, 0.25) is 0 Å². The van der Waals surface area contributed by atoms with Gasteiger partial charge in [-0.3, -0.25) is 0 Å². The highest BCUT2D eigenvalue weighted by atomic mass is 79.9. The Kier molecular flexibility index (Phi) is 3.29. The Morgan fingerprint density at radius 3 is 2.33 bits per heavy atom. The first-order chi connectivity index (χ1) is 5.63. The molecule has 0 saturated carbocycles. The molecule has 66 valence electrons. The maximum absolute atomic E-state index is 9.38. The van der Waals surface area contributed by atoms with Crippen molar-refractivity contribution in [3.63, 3.8) is 0 Å². The molecule has 1 N–H and O–H groups in total. The molecule has 0 aromatic heterocycles. The molecule has 0 heterocycles. The fraction of sp³-hybridized carbons (Fsp3) is 0.400. The smallest absolute Gasteiger partial charge is 0.0578 e. The van der Waals surface area contributed by atoms with Crippen LogP contribution in [-0.4, -0.2) is 11.2 Å². The molecule has 0 aliphatic heterocycles. The lowest BCUT2D eigenvalue weighted by Crippen LogP contribution is -2.11. The van der Waals surface area contributed by atoms with E-state index >= 15 is 0 Å². The van der Waals surface area contributed by atoms with Gasteiger partial charge in [-0.25, -0.2) is 0 Å². The quantitative estimate of drug-likeness (QED) is 0.826. The maximum Gasteiger partial charge on any atom is 0.0578 e. The lowest BCUT2D eigenvalue weighted by atomic mass is 9.97. The van der Waals surface area contributed by atoms with Crippen molar-refractivity contribution >= 4 is 15.9 Å². The van der Waals surface area contributed by atoms with Gasteiger partial charge in [-0.05, 0) is 18.6 Å². The Hall–Kier alpha value is -0.340. The predicted octanol–water partition coefficient (Wildman–Crippen LogP) is 2.93. The number of rotatable bonds is 2. The molecule has 0 fully saturated rings. The number of hydrogen-bond donors (Lipinski definition) is 1. The fourth-order valence-electron chi connectivity index (χ4n) is 1.10. The van der Waals surface area contributed by atoms with Crippen LogP contribution in [0.5, 0.6) is 0 Å². The number of aliphatic hydroxyl groups excluding tert-OH is 1. The van der Waals surface area contributed by atoms with Gasteiger partial charge in [0.25, 0.3) is 0 Å². The van der Waals surface area contributed by atoms with Crippen LogP contribution in [0.4, 0.5) is 0 Å². The monoisotopic (exact) mass is 228 g/mol. The Labute approximate surface area is 81.6 Å². The van der Waals surface area contributed by atoms with Crippen LogP contribution in [0, 0.1) is 0 Å². The summed E-state index contributed by atoms with van der Waals surface area (Å²) < 4.78 is 1.07. The average molecular weight is 229 g/mol. The lowest BCUT2D eigenvalue weighted by Gasteiger charge is -2.16. The topological polar surface area (TPSA) is 20.2 Å². The highest BCUT2D eigenvalue weighted by Gasteiger charge is 2.13. The van der Waals surface area contributed by atoms with Gasteiger partial charge >= 0.3 is 0 Å². The van der Waals surface area contributed by atoms with Crippen LogP contribution in [0.2, 0.25) is 0 Å². The van der Waals surface area contributed by atoms with Gasteiger partial charge in [-0.15, -0.1) is 0 Å². The second-order valence-electron chi connectivity index (χ2n) is 3.05. The molecular formula is C10H13BrO. The van der Waals surface area contributed by atoms with Gasteiger partial charge in [-0.2, -0.15) is 0 Å². The van der Waals surface area contributed by atoms with Crippen molar-refractivity contribution in [2.75, 3.05) is 0 Å². The summed E-state index contributed by atoms with van der Waals surface area (Å²) in [4.78, 5) is 0. The van der Waals surface area contributed by atoms with E-state index in [1.165, 1.54) is 0 Å². The van der Waals surface area contributed by atoms with Crippen molar-refractivity contribution in [3.8, 4) is 0 Å². The van der Waals surface area contributed by atoms with E-state index in [4.69, 9.17) is 0 Å². The summed E-state index contributed by atoms with van der Waals surface area (Å²) in [6.45, 7) is 3.83. The van der Waals surface area contributed by atoms with Gasteiger partial charge in [0.05, 0.1) is 6.10 Å². The molecule has 0 saturated heterocycles. The first kappa shape index (κ1) is 9.75. The van der Waals surface area contributed by atoms with E-state index in [0.29, 0.717) is 0 Å². The molecule has 1 aromatic rings. The summed E-state index contributed by atoms with van der Waals surface area (Å²) in [7, 11) is 0. The normalized spacial score (nSPS) is 15.7. The van der Waals surface area contributed by atoms with E-state index in [2.05, 4.69) is 15.9 Å². The maximum atomic E-state index is 9.38. The van der Waals surface area contributed by atoms with Crippen molar-refractivity contribution in [1.82, 2.24) is 0 Å². The van der Waals surface area contributed by atoms with Crippen molar-refractivity contribution in [1.29, 1.82) is 0 Å². The molecule has 2 heteroatoms. The van der Waals surface area contributed by atoms with E-state index in [9.17, 15) is 5.11 Å². The first-order valence-corrected chi connectivity index (χ1v) is 4.84. The van der Waals surface area contributed by atoms with Gasteiger partial charge in [0.15, 0.2) is 0 Å². The molecule has 1 nitrogen and oxygen atoms in total. The van der Waals surface area contributed by atoms with Crippen molar-refractivity contribution in [2.45, 2.75) is 25.9 Å². The van der Waals surface area contributed by atoms with Gasteiger partial charge < -0.3 is 5.11 Å². The molecule has 2 atom stereocenters. The van der Waals surface area contributed by atoms with E-state index in [1.807, 2.05) is 38.1 Å². The molecule has 1 rings (SSSR count). The number of halogens is 1. The van der Waals surface area contributed by atoms with Gasteiger partial charge in [0.1, 0.15) is 0 Å². The number of aliphatic hydroxyl groups is 1. The SMILES string of the molecule is CC(O)C(C)c1ccccc1Br. The molecule has 0 bridgehead atoms. The number of benzene rings is 1. The molecule has 0 aliphatic carbocycles. The molecule has 0 amide bonds. The van der Waals surface area contributed by atoms with Crippen LogP contribution in [0.3, 0.4) is 0 Å². The Balaban J connectivity index is 2.94. The average Bonchev–Trinajstić information content (AvgIpc) is 2.04. The molecular weight excluding hydrogens is 216 g/mol. The second-order valence-corrected chi connectivity index (χ2v) is 3.91. The fourth-order valence-corrected chi connectivity index (χ4v) is 1.75. The largest absolute Gasteiger partial charge is 0.393 e. The van der Waals surface area contributed by atoms with E-state index < -0.39 is 0 Å². The number of hydrogen-bond acceptors (Lipinski definition) is 1. The minimum Gasteiger partial charge on any atom is -0.393 e. The molecule has 1 aromatic carbocycles. The third kappa shape index (κ3) is 2.08. The van der Waals surface area contributed by atoms with Gasteiger partial charge in [0, 0.05) is 10.4 Å². The highest BCUT2D eigenvalue weighted by molar-refractivity contribution is 9.10. The standard InChI is InChI=1S/C10H13BrO/c1-7(8(2)12)9-5-3-4-6-10(9)11/h3-8,12H,1-2H3. The van der Waals surface area contributed by atoms with Gasteiger partial charge in [-0.1, -0.05) is 41.1 Å². The van der Waals surface area contributed by atoms with Crippen molar-refractivity contribution < 1.29 is 5.11 Å². The molecule has 0 radical (unpaired) electrons. The Morgan fingerprint density at radius 1 is 1.25 bits per heavy atom. The molecule has 12 heavy (non-hydrogen) atoms. The summed E-state index contributed by atoms with van der Waals surface area (Å²) in [5, 5.41) is 9.38. The Morgan fingerprint density at radius 2 is 1.83 bits per heavy atom. The van der Waals surface area contributed by atoms with Crippen LogP contribution >= 0.6 is 15.9 Å². The van der Waals surface area contributed by atoms with Crippen LogP contribution in [-0.2, 0) is 0 Å². The Bertz CT molecular complexity index is 258. The summed E-state index contributed by atoms with van der Waals surface area (Å²) in [5.74, 6) is 0.181. The minimum atomic E-state index is -0.302. The summed E-state index contributed by atoms with van der Waals surface area (Å²) in [5.41, 5.74) is 1.16. The third-order valence-electron chi connectivity index (χ3n) is 2.12.